The molecule has 4 fully saturated rings. The van der Waals surface area contributed by atoms with Crippen LogP contribution in [0.2, 0.25) is 0 Å². The fourth-order valence-corrected chi connectivity index (χ4v) is 8.79. The minimum absolute atomic E-state index is 0. The predicted molar refractivity (Wildman–Crippen MR) is 347 cm³/mol. The quantitative estimate of drug-likeness (QED) is 0.0870. The number of aliphatic carboxylic acids is 4. The number of carbonyl (C=O) groups is 4. The van der Waals surface area contributed by atoms with Crippen molar-refractivity contribution in [3.8, 4) is 0 Å². The molecule has 0 aliphatic heterocycles. The number of carbonyl (C=O) groups excluding carboxylic acids is 2. The molecule has 570 valence electrons. The second kappa shape index (κ2) is 90.7. The summed E-state index contributed by atoms with van der Waals surface area (Å²) in [5, 5.41) is 61.0. The Bertz CT molecular complexity index is 2050. The van der Waals surface area contributed by atoms with Crippen molar-refractivity contribution in [1.82, 2.24) is 0 Å². The molecule has 12 atom stereocenters. The van der Waals surface area contributed by atoms with Gasteiger partial charge in [0.2, 0.25) is 0 Å². The first-order valence-corrected chi connectivity index (χ1v) is 29.2. The van der Waals surface area contributed by atoms with Crippen LogP contribution < -0.4 is 98.9 Å². The maximum absolute atomic E-state index is 9.10. The zero-order valence-corrected chi connectivity index (χ0v) is 71.9. The Labute approximate surface area is 731 Å². The number of halogens is 2. The molecule has 0 heterocycles. The van der Waals surface area contributed by atoms with E-state index >= 15 is 0 Å². The Morgan fingerprint density at radius 1 is 0.402 bits per heavy atom. The van der Waals surface area contributed by atoms with Gasteiger partial charge in [0.05, 0.1) is 17.0 Å². The molecule has 12 unspecified atom stereocenters. The third kappa shape index (κ3) is 73.2. The molecule has 0 aromatic heterocycles. The van der Waals surface area contributed by atoms with Crippen LogP contribution in [0, 0.1) is 47.7 Å². The monoisotopic (exact) mass is 2350 g/mol. The van der Waals surface area contributed by atoms with Crippen molar-refractivity contribution in [3.05, 3.63) is 237 Å². The van der Waals surface area contributed by atoms with E-state index in [0.29, 0.717) is 23.7 Å². The average Bonchev–Trinajstić information content (AvgIpc) is 3.44. The summed E-state index contributed by atoms with van der Waals surface area (Å²) in [5.74, 6) is -5.96. The molecule has 39 heteroatoms. The van der Waals surface area contributed by atoms with Crippen LogP contribution in [0.1, 0.15) is 145 Å². The molecular formula is C58H96Ag2Cl2N10Na3O18Pt4-5. The van der Waals surface area contributed by atoms with Crippen LogP contribution in [0.5, 0.6) is 0 Å². The molecule has 4 aromatic carbocycles. The van der Waals surface area contributed by atoms with Gasteiger partial charge in [-0.25, -0.2) is 9.59 Å². The molecular weight excluding hydrogens is 2260 g/mol. The molecule has 0 saturated heterocycles. The van der Waals surface area contributed by atoms with Crippen LogP contribution in [0.3, 0.4) is 0 Å². The largest absolute Gasteiger partial charge is 2.00 e. The van der Waals surface area contributed by atoms with Crippen molar-refractivity contribution in [1.29, 1.82) is 0 Å². The van der Waals surface area contributed by atoms with E-state index in [-0.39, 0.29) is 289 Å². The van der Waals surface area contributed by atoms with E-state index in [4.69, 9.17) is 116 Å². The number of nitrogens with one attached hydrogen (secondary N) is 8. The Morgan fingerprint density at radius 2 is 0.526 bits per heavy atom. The summed E-state index contributed by atoms with van der Waals surface area (Å²) in [6.07, 6.45) is 11.3. The van der Waals surface area contributed by atoms with E-state index in [1.165, 1.54) is 22.3 Å². The standard InChI is InChI=1S/4C12H16N2.2C2H2O4.3CH4.3CH3.2Ag.2ClH.HNO3.NO3.3Na.4H2O.4Pt/c4*13-11-7-6-10(8-12(11)14)9-4-2-1-3-5-9;2*3-1(4)2(5)6;;;;;;;;;;;2*2-1(3)4;;;;;;;;;;;/h4*1-5,10-14H,6-8H2;2*(H,3,4)(H,5,6);3*1H4;3*1H3;;;2*1H;(H,2,3,4);;;;;4*1H2;;;;/q4*-2;;;;;;3*-1;;+1;;;;-1;3*+1;;;;;+1;3*+2/p-4. The molecule has 0 spiro atoms. The maximum Gasteiger partial charge on any atom is 2.00 e. The number of carboxylic acids is 4. The van der Waals surface area contributed by atoms with Gasteiger partial charge in [-0.3, -0.25) is 0 Å². The smallest absolute Gasteiger partial charge is 0.676 e. The van der Waals surface area contributed by atoms with E-state index < -0.39 is 34.1 Å². The Kier molecular flexibility index (Phi) is 138. The summed E-state index contributed by atoms with van der Waals surface area (Å²) in [6, 6.07) is 40.3. The van der Waals surface area contributed by atoms with E-state index in [0.717, 1.165) is 77.0 Å². The van der Waals surface area contributed by atoms with Crippen LogP contribution in [0.25, 0.3) is 45.9 Å². The van der Waals surface area contributed by atoms with Crippen molar-refractivity contribution >= 4 is 42.5 Å². The number of rotatable bonds is 4. The maximum atomic E-state index is 9.10. The molecule has 4 aliphatic rings. The van der Waals surface area contributed by atoms with Crippen molar-refractivity contribution in [2.75, 3.05) is 0 Å². The van der Waals surface area contributed by atoms with E-state index in [1.807, 2.05) is 24.3 Å². The summed E-state index contributed by atoms with van der Waals surface area (Å²) in [7, 11) is 9.06. The van der Waals surface area contributed by atoms with Crippen LogP contribution in [-0.4, -0.2) is 120 Å². The fraction of sp³-hybridized carbons (Fsp3) is 0.466. The van der Waals surface area contributed by atoms with Crippen molar-refractivity contribution < 1.29 is 290 Å². The van der Waals surface area contributed by atoms with Gasteiger partial charge in [0, 0.05) is 22.4 Å². The Morgan fingerprint density at radius 3 is 0.619 bits per heavy atom. The summed E-state index contributed by atoms with van der Waals surface area (Å²) < 4.78 is 0. The average molecular weight is 2360 g/mol. The zero-order chi connectivity index (χ0) is 61.3. The normalized spacial score (nSPS) is 20.5. The van der Waals surface area contributed by atoms with Gasteiger partial charge in [-0.05, 0) is 71.6 Å². The first kappa shape index (κ1) is 147. The van der Waals surface area contributed by atoms with Crippen LogP contribution >= 0.6 is 18.6 Å². The predicted octanol–water partition coefficient (Wildman–Crippen LogP) is 2.57. The number of hydrogen-bond donors (Lipinski definition) is 3. The zero-order valence-electron chi connectivity index (χ0n) is 52.3. The molecule has 4 aliphatic carbocycles. The summed E-state index contributed by atoms with van der Waals surface area (Å²) in [4.78, 5) is 52.7. The van der Waals surface area contributed by atoms with Gasteiger partial charge in [0.25, 0.3) is 5.09 Å². The molecule has 97 heavy (non-hydrogen) atoms. The third-order valence-corrected chi connectivity index (χ3v) is 12.8. The third-order valence-electron chi connectivity index (χ3n) is 12.8. The Balaban J connectivity index is -0.0000000421. The number of hydrogen-bond acceptors (Lipinski definition) is 11. The van der Waals surface area contributed by atoms with Crippen molar-refractivity contribution in [2.24, 2.45) is 0 Å². The first-order valence-electron chi connectivity index (χ1n) is 24.5. The van der Waals surface area contributed by atoms with E-state index in [1.54, 1.807) is 18.8 Å². The van der Waals surface area contributed by atoms with E-state index in [2.05, 4.69) is 136 Å². The van der Waals surface area contributed by atoms with Gasteiger partial charge in [-0.2, -0.15) is 48.3 Å². The van der Waals surface area contributed by atoms with Crippen molar-refractivity contribution in [3.63, 3.8) is 0 Å². The minimum atomic E-state index is -2.19. The van der Waals surface area contributed by atoms with Crippen molar-refractivity contribution in [2.45, 2.75) is 171 Å². The minimum Gasteiger partial charge on any atom is -0.676 e. The second-order valence-electron chi connectivity index (χ2n) is 18.2. The van der Waals surface area contributed by atoms with Crippen LogP contribution in [0.4, 0.5) is 0 Å². The second-order valence-corrected chi connectivity index (χ2v) is 18.2. The molecule has 1 radical (unpaired) electrons. The van der Waals surface area contributed by atoms with Crippen LogP contribution in [0.15, 0.2) is 121 Å². The summed E-state index contributed by atoms with van der Waals surface area (Å²) >= 11 is 4.03. The molecule has 0 bridgehead atoms. The number of carboxylic acid groups (broad SMARTS) is 4. The van der Waals surface area contributed by atoms with Gasteiger partial charge < -0.3 is 141 Å². The van der Waals surface area contributed by atoms with E-state index in [9.17, 15) is 0 Å². The first-order chi connectivity index (χ1) is 37.8. The molecule has 4 saturated carbocycles. The van der Waals surface area contributed by atoms with Gasteiger partial charge >= 0.3 is 221 Å². The fourth-order valence-electron chi connectivity index (χ4n) is 8.79. The van der Waals surface area contributed by atoms with Gasteiger partial charge in [-0.15, -0.1) is 10.1 Å². The summed E-state index contributed by atoms with van der Waals surface area (Å²) in [6.45, 7) is 0. The molecule has 28 nitrogen and oxygen atoms in total. The molecule has 8 rings (SSSR count). The van der Waals surface area contributed by atoms with Gasteiger partial charge in [0.1, 0.15) is 0 Å². The Hall–Kier alpha value is 0.494. The molecule has 0 amide bonds. The molecule has 4 aromatic rings. The van der Waals surface area contributed by atoms with Gasteiger partial charge in [0.15, 0.2) is 0 Å². The van der Waals surface area contributed by atoms with Gasteiger partial charge in [-0.1, -0.05) is 195 Å². The number of nitrogens with zero attached hydrogens (tertiary/aromatic N) is 2. The summed E-state index contributed by atoms with van der Waals surface area (Å²) in [5.41, 5.74) is 67.0. The number of benzene rings is 4. The SMILES string of the molecule is C.C.C.O.O.O.O.O=C(O)C(=O)O.O=C([O-])C(=O)[O-].O=[N+]([O-])O.O=[N+]([O-])[O-].[Ag].[CH3-].[CH3-].[CH3-].[Cl][Ag].[Cl][Pt].[NH-]C1CCC(c2ccccc2)CC1[NH-].[NH-]C1CCC(c2ccccc2)CC1[NH-].[NH-]C1CCC(c2ccccc2)CC1[NH-].[NH-]C1CCC(c2ccccc2)CC1[NH-].[Na+].[Na+].[Na+].[Pt+2].[Pt+2].[Pt+2]. The topological polar surface area (TPSA) is 601 Å². The molecule has 19 N–H and O–H groups in total. The van der Waals surface area contributed by atoms with Crippen LogP contribution in [-0.2, 0) is 144 Å².